The predicted molar refractivity (Wildman–Crippen MR) is 178 cm³/mol. The standard InChI is InChI=1S/C39H24N4O/c1-41-35-16-14-29(20-27(35)24-40)43-38-18-13-26(22-33(38)34-23-30(44-2)15-19-39(34)43)25-12-17-37-32(21-25)31-10-6-7-11-36(31)42(37)28-8-4-3-5-9-28/h3-23H,2H3. The molecule has 44 heavy (non-hydrogen) atoms. The Labute approximate surface area is 253 Å². The first-order valence-electron chi connectivity index (χ1n) is 14.3. The number of para-hydroxylation sites is 2. The van der Waals surface area contributed by atoms with E-state index in [0.29, 0.717) is 11.3 Å². The first-order valence-corrected chi connectivity index (χ1v) is 14.3. The third-order valence-electron chi connectivity index (χ3n) is 8.47. The molecule has 0 saturated carbocycles. The van der Waals surface area contributed by atoms with E-state index in [1.54, 1.807) is 19.2 Å². The number of hydrogen-bond donors (Lipinski definition) is 0. The molecule has 2 heterocycles. The van der Waals surface area contributed by atoms with Crippen LogP contribution < -0.4 is 4.74 Å². The van der Waals surface area contributed by atoms with E-state index in [4.69, 9.17) is 11.3 Å². The lowest BCUT2D eigenvalue weighted by Crippen LogP contribution is -1.95. The van der Waals surface area contributed by atoms with E-state index >= 15 is 0 Å². The van der Waals surface area contributed by atoms with Gasteiger partial charge in [-0.1, -0.05) is 54.6 Å². The van der Waals surface area contributed by atoms with Crippen LogP contribution in [0.5, 0.6) is 5.75 Å². The van der Waals surface area contributed by atoms with Crippen LogP contribution in [0.2, 0.25) is 0 Å². The molecule has 0 amide bonds. The van der Waals surface area contributed by atoms with Gasteiger partial charge in [-0.3, -0.25) is 0 Å². The summed E-state index contributed by atoms with van der Waals surface area (Å²) < 4.78 is 10.1. The van der Waals surface area contributed by atoms with Gasteiger partial charge >= 0.3 is 0 Å². The summed E-state index contributed by atoms with van der Waals surface area (Å²) in [6.45, 7) is 7.44. The predicted octanol–water partition coefficient (Wildman–Crippen LogP) is 9.98. The average molecular weight is 565 g/mol. The van der Waals surface area contributed by atoms with Crippen LogP contribution in [0.15, 0.2) is 127 Å². The maximum absolute atomic E-state index is 9.72. The normalized spacial score (nSPS) is 11.2. The van der Waals surface area contributed by atoms with E-state index in [0.717, 1.165) is 50.1 Å². The lowest BCUT2D eigenvalue weighted by atomic mass is 10.0. The van der Waals surface area contributed by atoms with Crippen molar-refractivity contribution in [2.24, 2.45) is 0 Å². The Kier molecular flexibility index (Phi) is 5.72. The summed E-state index contributed by atoms with van der Waals surface area (Å²) in [4.78, 5) is 3.52. The molecule has 8 aromatic rings. The van der Waals surface area contributed by atoms with Gasteiger partial charge in [-0.2, -0.15) is 5.26 Å². The number of ether oxygens (including phenoxy) is 1. The fourth-order valence-electron chi connectivity index (χ4n) is 6.44. The number of benzene rings is 6. The fourth-order valence-corrected chi connectivity index (χ4v) is 6.44. The third kappa shape index (κ3) is 3.78. The molecule has 0 saturated heterocycles. The van der Waals surface area contributed by atoms with Crippen molar-refractivity contribution in [1.29, 1.82) is 5.26 Å². The van der Waals surface area contributed by atoms with Gasteiger partial charge < -0.3 is 13.9 Å². The second-order valence-electron chi connectivity index (χ2n) is 10.8. The highest BCUT2D eigenvalue weighted by Crippen LogP contribution is 2.39. The van der Waals surface area contributed by atoms with Crippen molar-refractivity contribution in [2.45, 2.75) is 0 Å². The SMILES string of the molecule is [C-]#[N+]c1ccc(-n2c3ccc(OC)cc3c3cc(-c4ccc5c(c4)c4ccccc4n5-c4ccccc4)ccc32)cc1C#N. The molecule has 0 aliphatic heterocycles. The van der Waals surface area contributed by atoms with E-state index in [2.05, 4.69) is 111 Å². The molecule has 0 aliphatic carbocycles. The third-order valence-corrected chi connectivity index (χ3v) is 8.47. The van der Waals surface area contributed by atoms with Crippen LogP contribution >= 0.6 is 0 Å². The summed E-state index contributed by atoms with van der Waals surface area (Å²) in [6.07, 6.45) is 0. The Balaban J connectivity index is 1.36. The lowest BCUT2D eigenvalue weighted by molar-refractivity contribution is 0.415. The van der Waals surface area contributed by atoms with Gasteiger partial charge in [-0.05, 0) is 83.9 Å². The monoisotopic (exact) mass is 564 g/mol. The number of rotatable bonds is 4. The Morgan fingerprint density at radius 3 is 1.86 bits per heavy atom. The molecule has 0 aliphatic rings. The fraction of sp³-hybridized carbons (Fsp3) is 0.0256. The second-order valence-corrected chi connectivity index (χ2v) is 10.8. The molecule has 5 heteroatoms. The molecule has 0 radical (unpaired) electrons. The summed E-state index contributed by atoms with van der Waals surface area (Å²) in [5.41, 5.74) is 9.28. The number of aromatic nitrogens is 2. The minimum atomic E-state index is 0.352. The molecular weight excluding hydrogens is 540 g/mol. The topological polar surface area (TPSA) is 47.2 Å². The summed E-state index contributed by atoms with van der Waals surface area (Å²) in [7, 11) is 1.68. The van der Waals surface area contributed by atoms with Crippen LogP contribution in [0.1, 0.15) is 5.56 Å². The Hall–Kier alpha value is -6.30. The molecule has 8 rings (SSSR count). The number of nitriles is 1. The van der Waals surface area contributed by atoms with Gasteiger partial charge in [0.1, 0.15) is 5.75 Å². The van der Waals surface area contributed by atoms with Crippen molar-refractivity contribution in [1.82, 2.24) is 9.13 Å². The molecule has 2 aromatic heterocycles. The molecule has 0 spiro atoms. The highest BCUT2D eigenvalue weighted by atomic mass is 16.5. The van der Waals surface area contributed by atoms with Crippen molar-refractivity contribution in [3.8, 4) is 34.3 Å². The molecule has 0 bridgehead atoms. The maximum atomic E-state index is 9.72. The molecule has 206 valence electrons. The van der Waals surface area contributed by atoms with Crippen LogP contribution in [0.3, 0.4) is 0 Å². The molecule has 0 unspecified atom stereocenters. The van der Waals surface area contributed by atoms with Crippen LogP contribution in [0.25, 0.3) is 71.0 Å². The van der Waals surface area contributed by atoms with E-state index in [9.17, 15) is 5.26 Å². The second kappa shape index (κ2) is 9.91. The number of methoxy groups -OCH3 is 1. The summed E-state index contributed by atoms with van der Waals surface area (Å²) >= 11 is 0. The first-order chi connectivity index (χ1) is 21.7. The molecule has 0 fully saturated rings. The number of nitrogens with zero attached hydrogens (tertiary/aromatic N) is 4. The van der Waals surface area contributed by atoms with Crippen molar-refractivity contribution in [3.63, 3.8) is 0 Å². The van der Waals surface area contributed by atoms with Gasteiger partial charge in [-0.25, -0.2) is 4.85 Å². The van der Waals surface area contributed by atoms with Gasteiger partial charge in [0.15, 0.2) is 0 Å². The summed E-state index contributed by atoms with van der Waals surface area (Å²) in [6, 6.07) is 46.0. The smallest absolute Gasteiger partial charge is 0.204 e. The summed E-state index contributed by atoms with van der Waals surface area (Å²) in [5, 5.41) is 14.3. The van der Waals surface area contributed by atoms with Gasteiger partial charge in [-0.15, -0.1) is 0 Å². The zero-order valence-corrected chi connectivity index (χ0v) is 23.8. The number of fused-ring (bicyclic) bond motifs is 6. The minimum absolute atomic E-state index is 0.352. The quantitative estimate of drug-likeness (QED) is 0.200. The average Bonchev–Trinajstić information content (AvgIpc) is 3.60. The van der Waals surface area contributed by atoms with Crippen molar-refractivity contribution in [3.05, 3.63) is 144 Å². The summed E-state index contributed by atoms with van der Waals surface area (Å²) in [5.74, 6) is 0.776. The lowest BCUT2D eigenvalue weighted by Gasteiger charge is -2.10. The van der Waals surface area contributed by atoms with Crippen molar-refractivity contribution in [2.75, 3.05) is 7.11 Å². The zero-order valence-electron chi connectivity index (χ0n) is 23.8. The zero-order chi connectivity index (χ0) is 29.8. The maximum Gasteiger partial charge on any atom is 0.204 e. The Morgan fingerprint density at radius 1 is 0.591 bits per heavy atom. The van der Waals surface area contributed by atoms with E-state index in [1.165, 1.54) is 21.8 Å². The van der Waals surface area contributed by atoms with Crippen molar-refractivity contribution < 1.29 is 4.74 Å². The van der Waals surface area contributed by atoms with Crippen molar-refractivity contribution >= 4 is 49.3 Å². The molecule has 6 aromatic carbocycles. The molecule has 0 N–H and O–H groups in total. The number of hydrogen-bond acceptors (Lipinski definition) is 2. The van der Waals surface area contributed by atoms with E-state index in [1.807, 2.05) is 24.3 Å². The Bertz CT molecular complexity index is 2510. The minimum Gasteiger partial charge on any atom is -0.497 e. The van der Waals surface area contributed by atoms with Crippen LogP contribution in [-0.2, 0) is 0 Å². The van der Waals surface area contributed by atoms with Gasteiger partial charge in [0, 0.05) is 32.9 Å². The van der Waals surface area contributed by atoms with Gasteiger partial charge in [0.2, 0.25) is 5.69 Å². The van der Waals surface area contributed by atoms with Crippen LogP contribution in [-0.4, -0.2) is 16.2 Å². The highest BCUT2D eigenvalue weighted by Gasteiger charge is 2.17. The first kappa shape index (κ1) is 25.4. The van der Waals surface area contributed by atoms with Gasteiger partial charge in [0.25, 0.3) is 0 Å². The van der Waals surface area contributed by atoms with Gasteiger partial charge in [0.05, 0.1) is 47.4 Å². The Morgan fingerprint density at radius 2 is 1.18 bits per heavy atom. The van der Waals surface area contributed by atoms with E-state index in [-0.39, 0.29) is 0 Å². The molecule has 5 nitrogen and oxygen atoms in total. The van der Waals surface area contributed by atoms with E-state index < -0.39 is 0 Å². The molecule has 0 atom stereocenters. The molecular formula is C39H24N4O. The van der Waals surface area contributed by atoms with Crippen LogP contribution in [0.4, 0.5) is 5.69 Å². The largest absolute Gasteiger partial charge is 0.497 e. The van der Waals surface area contributed by atoms with Crippen LogP contribution in [0, 0.1) is 17.9 Å². The highest BCUT2D eigenvalue weighted by molar-refractivity contribution is 6.13.